The van der Waals surface area contributed by atoms with E-state index >= 15 is 0 Å². The van der Waals surface area contributed by atoms with E-state index in [1.807, 2.05) is 0 Å². The summed E-state index contributed by atoms with van der Waals surface area (Å²) in [5.41, 5.74) is 0. The van der Waals surface area contributed by atoms with Gasteiger partial charge in [0.05, 0.1) is 0 Å². The maximum absolute atomic E-state index is 12.9. The van der Waals surface area contributed by atoms with Crippen molar-refractivity contribution in [3.63, 3.8) is 0 Å². The number of esters is 3. The lowest BCUT2D eigenvalue weighted by atomic mass is 10.0. The Balaban J connectivity index is 4.37. The summed E-state index contributed by atoms with van der Waals surface area (Å²) < 4.78 is 17.0. The fraction of sp³-hybridized carbons (Fsp3) is 0.712. The number of carbonyl (C=O) groups excluding carboxylic acids is 3. The summed E-state index contributed by atoms with van der Waals surface area (Å²) in [5, 5.41) is 0. The molecule has 0 aromatic rings. The molecule has 6 nitrogen and oxygen atoms in total. The van der Waals surface area contributed by atoms with Crippen molar-refractivity contribution in [3.8, 4) is 0 Å². The minimum Gasteiger partial charge on any atom is -0.462 e. The van der Waals surface area contributed by atoms with Gasteiger partial charge in [-0.05, 0) is 122 Å². The van der Waals surface area contributed by atoms with Crippen LogP contribution in [0.4, 0.5) is 0 Å². The zero-order valence-electron chi connectivity index (χ0n) is 51.9. The number of allylic oxidation sites excluding steroid dienone is 18. The van der Waals surface area contributed by atoms with Crippen LogP contribution in [0.15, 0.2) is 109 Å². The first-order valence-corrected chi connectivity index (χ1v) is 33.4. The van der Waals surface area contributed by atoms with Gasteiger partial charge in [-0.25, -0.2) is 0 Å². The monoisotopic (exact) mass is 1100 g/mol. The first-order valence-electron chi connectivity index (χ1n) is 33.4. The Labute approximate surface area is 489 Å². The van der Waals surface area contributed by atoms with Crippen LogP contribution in [-0.2, 0) is 28.6 Å². The highest BCUT2D eigenvalue weighted by atomic mass is 16.6. The smallest absolute Gasteiger partial charge is 0.306 e. The minimum atomic E-state index is -0.789. The quantitative estimate of drug-likeness (QED) is 0.0261. The SMILES string of the molecule is CC/C=C\C/C=C\C/C=C\C/C=C\CCCCCCCCCCCCC(=O)OCC(COC(=O)CCCCCCC/C=C\CCCCCCCC)OC(=O)CCCCCCCCCCCC/C=C\C/C=C\C/C=C\C/C=C\CC. The third-order valence-corrected chi connectivity index (χ3v) is 14.2. The van der Waals surface area contributed by atoms with Gasteiger partial charge in [0, 0.05) is 19.3 Å². The number of rotatable bonds is 60. The summed E-state index contributed by atoms with van der Waals surface area (Å²) in [7, 11) is 0. The number of ether oxygens (including phenoxy) is 3. The van der Waals surface area contributed by atoms with E-state index in [2.05, 4.69) is 130 Å². The van der Waals surface area contributed by atoms with Crippen LogP contribution >= 0.6 is 0 Å². The lowest BCUT2D eigenvalue weighted by Crippen LogP contribution is -2.30. The Morgan fingerprint density at radius 3 is 0.785 bits per heavy atom. The van der Waals surface area contributed by atoms with E-state index in [1.54, 1.807) is 0 Å². The predicted octanol–water partition coefficient (Wildman–Crippen LogP) is 23.0. The molecule has 0 rings (SSSR count). The fourth-order valence-electron chi connectivity index (χ4n) is 9.30. The summed E-state index contributed by atoms with van der Waals surface area (Å²) in [4.78, 5) is 38.4. The van der Waals surface area contributed by atoms with E-state index in [1.165, 1.54) is 161 Å². The van der Waals surface area contributed by atoms with Gasteiger partial charge in [-0.1, -0.05) is 284 Å². The molecule has 0 bridgehead atoms. The van der Waals surface area contributed by atoms with Crippen molar-refractivity contribution < 1.29 is 28.6 Å². The van der Waals surface area contributed by atoms with Gasteiger partial charge in [0.25, 0.3) is 0 Å². The van der Waals surface area contributed by atoms with Gasteiger partial charge < -0.3 is 14.2 Å². The number of hydrogen-bond donors (Lipinski definition) is 0. The Morgan fingerprint density at radius 2 is 0.494 bits per heavy atom. The molecule has 0 spiro atoms. The van der Waals surface area contributed by atoms with Crippen molar-refractivity contribution in [2.24, 2.45) is 0 Å². The van der Waals surface area contributed by atoms with Gasteiger partial charge in [-0.2, -0.15) is 0 Å². The van der Waals surface area contributed by atoms with Gasteiger partial charge in [0.15, 0.2) is 6.10 Å². The zero-order chi connectivity index (χ0) is 57.1. The summed E-state index contributed by atoms with van der Waals surface area (Å²) >= 11 is 0. The second-order valence-corrected chi connectivity index (χ2v) is 22.0. The molecule has 0 radical (unpaired) electrons. The van der Waals surface area contributed by atoms with Crippen molar-refractivity contribution in [1.82, 2.24) is 0 Å². The van der Waals surface area contributed by atoms with Crippen molar-refractivity contribution in [1.29, 1.82) is 0 Å². The molecule has 1 unspecified atom stereocenters. The van der Waals surface area contributed by atoms with Gasteiger partial charge in [-0.3, -0.25) is 14.4 Å². The Hall–Kier alpha value is -3.93. The molecule has 0 aromatic heterocycles. The van der Waals surface area contributed by atoms with Crippen LogP contribution < -0.4 is 0 Å². The van der Waals surface area contributed by atoms with E-state index < -0.39 is 6.10 Å². The third kappa shape index (κ3) is 64.8. The molecule has 0 saturated heterocycles. The molecule has 6 heteroatoms. The van der Waals surface area contributed by atoms with E-state index in [4.69, 9.17) is 14.2 Å². The van der Waals surface area contributed by atoms with Crippen LogP contribution in [-0.4, -0.2) is 37.2 Å². The first-order chi connectivity index (χ1) is 39.0. The Kier molecular flexibility index (Phi) is 63.3. The highest BCUT2D eigenvalue weighted by Gasteiger charge is 2.19. The van der Waals surface area contributed by atoms with Gasteiger partial charge >= 0.3 is 17.9 Å². The summed E-state index contributed by atoms with van der Waals surface area (Å²) in [5.74, 6) is -0.890. The molecular formula is C73H124O6. The average molecular weight is 1100 g/mol. The maximum atomic E-state index is 12.9. The molecule has 0 fully saturated rings. The van der Waals surface area contributed by atoms with Crippen LogP contribution in [0.1, 0.15) is 316 Å². The molecule has 0 amide bonds. The van der Waals surface area contributed by atoms with Crippen LogP contribution in [0.2, 0.25) is 0 Å². The van der Waals surface area contributed by atoms with E-state index in [0.717, 1.165) is 116 Å². The normalized spacial score (nSPS) is 12.8. The van der Waals surface area contributed by atoms with Crippen molar-refractivity contribution in [3.05, 3.63) is 109 Å². The molecule has 0 N–H and O–H groups in total. The summed E-state index contributed by atoms with van der Waals surface area (Å²) in [6, 6.07) is 0. The molecule has 79 heavy (non-hydrogen) atoms. The van der Waals surface area contributed by atoms with Crippen LogP contribution in [0.5, 0.6) is 0 Å². The van der Waals surface area contributed by atoms with Crippen molar-refractivity contribution in [2.75, 3.05) is 13.2 Å². The second kappa shape index (κ2) is 66.6. The molecule has 0 aliphatic rings. The molecule has 452 valence electrons. The van der Waals surface area contributed by atoms with Gasteiger partial charge in [0.2, 0.25) is 0 Å². The molecule has 0 aromatic carbocycles. The van der Waals surface area contributed by atoms with Crippen molar-refractivity contribution in [2.45, 2.75) is 322 Å². The lowest BCUT2D eigenvalue weighted by Gasteiger charge is -2.18. The number of unbranched alkanes of at least 4 members (excludes halogenated alkanes) is 31. The minimum absolute atomic E-state index is 0.0842. The number of carbonyl (C=O) groups is 3. The highest BCUT2D eigenvalue weighted by molar-refractivity contribution is 5.71. The molecule has 0 saturated carbocycles. The standard InChI is InChI=1S/C73H124O6/c1-4-7-10-13-16-19-22-25-28-30-32-34-36-38-40-42-45-48-51-54-57-60-63-66-72(75)78-69-70(68-77-71(74)65-62-59-56-53-50-47-44-27-24-21-18-15-12-9-6-3)79-73(76)67-64-61-58-55-52-49-46-43-41-39-37-35-33-31-29-26-23-20-17-14-11-8-5-2/h7-8,10-11,16-17,19-20,25-29,32-35,44,70H,4-6,9,12-15,18,21-24,30-31,36-43,45-69H2,1-3H3/b10-7-,11-8-,19-16-,20-17-,28-25-,29-26-,34-32-,35-33-,44-27-. The Morgan fingerprint density at radius 1 is 0.266 bits per heavy atom. The molecular weight excluding hydrogens is 973 g/mol. The van der Waals surface area contributed by atoms with Crippen LogP contribution in [0.25, 0.3) is 0 Å². The number of hydrogen-bond acceptors (Lipinski definition) is 6. The average Bonchev–Trinajstić information content (AvgIpc) is 3.45. The Bertz CT molecular complexity index is 1590. The fourth-order valence-corrected chi connectivity index (χ4v) is 9.30. The van der Waals surface area contributed by atoms with Crippen molar-refractivity contribution >= 4 is 17.9 Å². The molecule has 0 heterocycles. The van der Waals surface area contributed by atoms with E-state index in [-0.39, 0.29) is 31.1 Å². The van der Waals surface area contributed by atoms with E-state index in [9.17, 15) is 14.4 Å². The summed E-state index contributed by atoms with van der Waals surface area (Å²) in [6.45, 7) is 6.43. The summed E-state index contributed by atoms with van der Waals surface area (Å²) in [6.07, 6.45) is 90.9. The van der Waals surface area contributed by atoms with Gasteiger partial charge in [-0.15, -0.1) is 0 Å². The van der Waals surface area contributed by atoms with Crippen LogP contribution in [0.3, 0.4) is 0 Å². The molecule has 1 atom stereocenters. The first kappa shape index (κ1) is 75.1. The molecule has 0 aliphatic carbocycles. The largest absolute Gasteiger partial charge is 0.462 e. The van der Waals surface area contributed by atoms with E-state index in [0.29, 0.717) is 19.3 Å². The zero-order valence-corrected chi connectivity index (χ0v) is 51.9. The van der Waals surface area contributed by atoms with Crippen LogP contribution in [0, 0.1) is 0 Å². The second-order valence-electron chi connectivity index (χ2n) is 22.0. The third-order valence-electron chi connectivity index (χ3n) is 14.2. The predicted molar refractivity (Wildman–Crippen MR) is 343 cm³/mol. The lowest BCUT2D eigenvalue weighted by molar-refractivity contribution is -0.167. The molecule has 0 aliphatic heterocycles. The van der Waals surface area contributed by atoms with Gasteiger partial charge in [0.1, 0.15) is 13.2 Å². The topological polar surface area (TPSA) is 78.9 Å². The highest BCUT2D eigenvalue weighted by Crippen LogP contribution is 2.16. The maximum Gasteiger partial charge on any atom is 0.306 e.